The van der Waals surface area contributed by atoms with Crippen LogP contribution in [-0.2, 0) is 16.0 Å². The minimum absolute atomic E-state index is 0.0111. The summed E-state index contributed by atoms with van der Waals surface area (Å²) < 4.78 is 11.5. The maximum absolute atomic E-state index is 13.4. The van der Waals surface area contributed by atoms with E-state index in [9.17, 15) is 4.79 Å². The van der Waals surface area contributed by atoms with E-state index in [1.165, 1.54) is 0 Å². The quantitative estimate of drug-likeness (QED) is 0.733. The molecule has 4 rings (SSSR count). The van der Waals surface area contributed by atoms with Crippen LogP contribution in [0.2, 0.25) is 0 Å². The van der Waals surface area contributed by atoms with Gasteiger partial charge in [-0.25, -0.2) is 4.99 Å². The van der Waals surface area contributed by atoms with Crippen LogP contribution in [0.15, 0.2) is 53.5 Å². The molecule has 2 aromatic carbocycles. The first-order valence-corrected chi connectivity index (χ1v) is 10.1. The van der Waals surface area contributed by atoms with Crippen molar-refractivity contribution < 1.29 is 19.4 Å². The lowest BCUT2D eigenvalue weighted by molar-refractivity contribution is -0.124. The third-order valence-corrected chi connectivity index (χ3v) is 5.29. The molecular formula is C23H26N2O4. The topological polar surface area (TPSA) is 71.4 Å². The lowest BCUT2D eigenvalue weighted by Crippen LogP contribution is -2.54. The molecule has 0 radical (unpaired) electrons. The molecule has 1 amide bonds. The van der Waals surface area contributed by atoms with Gasteiger partial charge in [-0.3, -0.25) is 4.79 Å². The Labute approximate surface area is 170 Å². The molecule has 2 aromatic rings. The van der Waals surface area contributed by atoms with Crippen molar-refractivity contribution in [2.24, 2.45) is 4.99 Å². The number of hydrogen-bond acceptors (Lipinski definition) is 5. The van der Waals surface area contributed by atoms with E-state index >= 15 is 0 Å². The van der Waals surface area contributed by atoms with Crippen LogP contribution in [0.3, 0.4) is 0 Å². The van der Waals surface area contributed by atoms with Crippen LogP contribution in [0.25, 0.3) is 0 Å². The van der Waals surface area contributed by atoms with Gasteiger partial charge < -0.3 is 19.5 Å². The Kier molecular flexibility index (Phi) is 5.53. The molecule has 0 aliphatic carbocycles. The molecule has 0 unspecified atom stereocenters. The molecule has 6 nitrogen and oxygen atoms in total. The summed E-state index contributed by atoms with van der Waals surface area (Å²) in [5.74, 6) is 1.24. The fourth-order valence-electron chi connectivity index (χ4n) is 3.86. The van der Waals surface area contributed by atoms with Crippen molar-refractivity contribution in [3.8, 4) is 5.75 Å². The van der Waals surface area contributed by atoms with Crippen LogP contribution in [0.1, 0.15) is 30.9 Å². The van der Waals surface area contributed by atoms with Gasteiger partial charge in [0.1, 0.15) is 12.4 Å². The highest BCUT2D eigenvalue weighted by atomic mass is 16.5. The zero-order valence-corrected chi connectivity index (χ0v) is 16.6. The standard InChI is InChI=1S/C23H26N2O4/c1-2-12-25-20-7-4-3-6-18(20)15-23(22(25)27)16-29-21(24-23)17-8-10-19(11-9-17)28-14-5-13-26/h3-4,6-11,26H,2,5,12-16H2,1H3/t23-/m0/s1. The molecule has 6 heteroatoms. The van der Waals surface area contributed by atoms with Gasteiger partial charge in [-0.05, 0) is 42.3 Å². The van der Waals surface area contributed by atoms with Crippen LogP contribution >= 0.6 is 0 Å². The summed E-state index contributed by atoms with van der Waals surface area (Å²) in [6.07, 6.45) is 2.03. The summed E-state index contributed by atoms with van der Waals surface area (Å²) in [7, 11) is 0. The average Bonchev–Trinajstić information content (AvgIpc) is 3.17. The van der Waals surface area contributed by atoms with E-state index in [2.05, 4.69) is 13.0 Å². The predicted molar refractivity (Wildman–Crippen MR) is 112 cm³/mol. The van der Waals surface area contributed by atoms with Gasteiger partial charge >= 0.3 is 0 Å². The van der Waals surface area contributed by atoms with Crippen molar-refractivity contribution in [3.05, 3.63) is 59.7 Å². The number of benzene rings is 2. The molecule has 0 saturated heterocycles. The Morgan fingerprint density at radius 1 is 1.21 bits per heavy atom. The number of hydrogen-bond donors (Lipinski definition) is 1. The fourth-order valence-corrected chi connectivity index (χ4v) is 3.86. The lowest BCUT2D eigenvalue weighted by Gasteiger charge is -2.37. The van der Waals surface area contributed by atoms with E-state index in [0.717, 1.165) is 29.0 Å². The van der Waals surface area contributed by atoms with E-state index in [1.807, 2.05) is 47.4 Å². The van der Waals surface area contributed by atoms with Gasteiger partial charge in [-0.15, -0.1) is 0 Å². The second kappa shape index (κ2) is 8.25. The number of fused-ring (bicyclic) bond motifs is 1. The third-order valence-electron chi connectivity index (χ3n) is 5.29. The zero-order valence-electron chi connectivity index (χ0n) is 16.6. The first kappa shape index (κ1) is 19.5. The number of aliphatic hydroxyl groups excluding tert-OH is 1. The van der Waals surface area contributed by atoms with E-state index < -0.39 is 5.54 Å². The number of amides is 1. The van der Waals surface area contributed by atoms with Crippen molar-refractivity contribution in [1.82, 2.24) is 0 Å². The summed E-state index contributed by atoms with van der Waals surface area (Å²) in [6, 6.07) is 15.5. The average molecular weight is 394 g/mol. The summed E-state index contributed by atoms with van der Waals surface area (Å²) in [5.41, 5.74) is 2.04. The maximum Gasteiger partial charge on any atom is 0.258 e. The Balaban J connectivity index is 1.59. The molecule has 2 aliphatic heterocycles. The molecular weight excluding hydrogens is 368 g/mol. The molecule has 2 heterocycles. The molecule has 29 heavy (non-hydrogen) atoms. The van der Waals surface area contributed by atoms with E-state index in [-0.39, 0.29) is 19.1 Å². The maximum atomic E-state index is 13.4. The number of anilines is 1. The number of aliphatic imine (C=N–C) groups is 1. The van der Waals surface area contributed by atoms with Gasteiger partial charge in [0.2, 0.25) is 5.90 Å². The molecule has 0 fully saturated rings. The van der Waals surface area contributed by atoms with Crippen LogP contribution in [0.4, 0.5) is 5.69 Å². The molecule has 0 aromatic heterocycles. The van der Waals surface area contributed by atoms with Gasteiger partial charge in [-0.1, -0.05) is 25.1 Å². The number of aliphatic hydroxyl groups is 1. The monoisotopic (exact) mass is 394 g/mol. The minimum atomic E-state index is -0.894. The van der Waals surface area contributed by atoms with Gasteiger partial charge in [0.15, 0.2) is 5.54 Å². The molecule has 0 saturated carbocycles. The van der Waals surface area contributed by atoms with Crippen molar-refractivity contribution in [3.63, 3.8) is 0 Å². The second-order valence-corrected chi connectivity index (χ2v) is 7.45. The predicted octanol–water partition coefficient (Wildman–Crippen LogP) is 2.96. The number of nitrogens with zero attached hydrogens (tertiary/aromatic N) is 2. The molecule has 152 valence electrons. The highest BCUT2D eigenvalue weighted by Gasteiger charge is 2.50. The van der Waals surface area contributed by atoms with Crippen molar-refractivity contribution in [2.75, 3.05) is 31.3 Å². The number of para-hydroxylation sites is 1. The van der Waals surface area contributed by atoms with Crippen molar-refractivity contribution in [2.45, 2.75) is 31.7 Å². The number of ether oxygens (including phenoxy) is 2. The molecule has 1 N–H and O–H groups in total. The summed E-state index contributed by atoms with van der Waals surface area (Å²) >= 11 is 0. The Morgan fingerprint density at radius 2 is 2.00 bits per heavy atom. The lowest BCUT2D eigenvalue weighted by atomic mass is 9.85. The molecule has 0 bridgehead atoms. The van der Waals surface area contributed by atoms with Crippen LogP contribution in [0, 0.1) is 0 Å². The van der Waals surface area contributed by atoms with Crippen LogP contribution in [-0.4, -0.2) is 48.8 Å². The largest absolute Gasteiger partial charge is 0.494 e. The fraction of sp³-hybridized carbons (Fsp3) is 0.391. The second-order valence-electron chi connectivity index (χ2n) is 7.45. The van der Waals surface area contributed by atoms with Crippen molar-refractivity contribution >= 4 is 17.5 Å². The first-order valence-electron chi connectivity index (χ1n) is 10.1. The summed E-state index contributed by atoms with van der Waals surface area (Å²) in [4.78, 5) is 20.0. The normalized spacial score (nSPS) is 20.4. The molecule has 2 aliphatic rings. The highest BCUT2D eigenvalue weighted by molar-refractivity contribution is 6.07. The van der Waals surface area contributed by atoms with Gasteiger partial charge in [0.05, 0.1) is 6.61 Å². The van der Waals surface area contributed by atoms with E-state index in [1.54, 1.807) is 0 Å². The Bertz CT molecular complexity index is 909. The van der Waals surface area contributed by atoms with Gasteiger partial charge in [0, 0.05) is 37.2 Å². The Morgan fingerprint density at radius 3 is 2.76 bits per heavy atom. The van der Waals surface area contributed by atoms with Gasteiger partial charge in [-0.2, -0.15) is 0 Å². The summed E-state index contributed by atoms with van der Waals surface area (Å²) in [6.45, 7) is 3.57. The zero-order chi connectivity index (χ0) is 20.3. The molecule has 1 spiro atoms. The first-order chi connectivity index (χ1) is 14.2. The third kappa shape index (κ3) is 3.72. The van der Waals surface area contributed by atoms with Crippen LogP contribution in [0.5, 0.6) is 5.75 Å². The number of rotatable bonds is 7. The van der Waals surface area contributed by atoms with Crippen LogP contribution < -0.4 is 9.64 Å². The number of carbonyl (C=O) groups excluding carboxylic acids is 1. The smallest absolute Gasteiger partial charge is 0.258 e. The summed E-state index contributed by atoms with van der Waals surface area (Å²) in [5, 5.41) is 8.84. The van der Waals surface area contributed by atoms with Crippen molar-refractivity contribution in [1.29, 1.82) is 0 Å². The minimum Gasteiger partial charge on any atom is -0.494 e. The van der Waals surface area contributed by atoms with E-state index in [4.69, 9.17) is 19.6 Å². The Hall–Kier alpha value is -2.86. The highest BCUT2D eigenvalue weighted by Crippen LogP contribution is 2.38. The molecule has 1 atom stereocenters. The van der Waals surface area contributed by atoms with E-state index in [0.29, 0.717) is 31.9 Å². The number of carbonyl (C=O) groups is 1. The van der Waals surface area contributed by atoms with Gasteiger partial charge in [0.25, 0.3) is 5.91 Å². The SMILES string of the molecule is CCCN1C(=O)[C@@]2(COC(c3ccc(OCCCO)cc3)=N2)Cc2ccccc21.